The largest absolute Gasteiger partial charge is 0.358 e. The third-order valence-electron chi connectivity index (χ3n) is 3.00. The first-order valence-electron chi connectivity index (χ1n) is 6.41. The summed E-state index contributed by atoms with van der Waals surface area (Å²) in [5, 5.41) is 7.76. The van der Waals surface area contributed by atoms with Gasteiger partial charge in [-0.2, -0.15) is 0 Å². The number of rotatable bonds is 3. The van der Waals surface area contributed by atoms with E-state index in [2.05, 4.69) is 36.6 Å². The molecular formula is C16H17ClN2S. The number of hydrogen-bond acceptors (Lipinski definition) is 1. The van der Waals surface area contributed by atoms with Gasteiger partial charge in [0, 0.05) is 17.3 Å². The summed E-state index contributed by atoms with van der Waals surface area (Å²) >= 11 is 11.2. The number of nitrogens with one attached hydrogen (secondary N) is 2. The minimum atomic E-state index is 0.618. The lowest BCUT2D eigenvalue weighted by atomic mass is 10.1. The summed E-state index contributed by atoms with van der Waals surface area (Å²) < 4.78 is 0. The summed E-state index contributed by atoms with van der Waals surface area (Å²) in [5.74, 6) is 0. The predicted octanol–water partition coefficient (Wildman–Crippen LogP) is 4.44. The molecule has 0 aliphatic rings. The standard InChI is InChI=1S/C16H17ClN2S/c1-11-3-8-15(12(2)9-11)19-16(20)18-10-13-4-6-14(17)7-5-13/h3-9H,10H2,1-2H3,(H2,18,19,20). The number of aryl methyl sites for hydroxylation is 2. The average Bonchev–Trinajstić information content (AvgIpc) is 2.41. The van der Waals surface area contributed by atoms with Gasteiger partial charge in [0.1, 0.15) is 0 Å². The third kappa shape index (κ3) is 4.22. The van der Waals surface area contributed by atoms with Crippen molar-refractivity contribution in [3.63, 3.8) is 0 Å². The maximum Gasteiger partial charge on any atom is 0.171 e. The van der Waals surface area contributed by atoms with Crippen LogP contribution in [0.5, 0.6) is 0 Å². The van der Waals surface area contributed by atoms with Crippen molar-refractivity contribution in [1.82, 2.24) is 5.32 Å². The molecule has 0 fully saturated rings. The first kappa shape index (κ1) is 14.8. The third-order valence-corrected chi connectivity index (χ3v) is 3.49. The number of hydrogen-bond donors (Lipinski definition) is 2. The summed E-state index contributed by atoms with van der Waals surface area (Å²) in [4.78, 5) is 0. The summed E-state index contributed by atoms with van der Waals surface area (Å²) in [6.07, 6.45) is 0. The summed E-state index contributed by atoms with van der Waals surface area (Å²) in [5.41, 5.74) is 4.59. The van der Waals surface area contributed by atoms with Gasteiger partial charge in [0.15, 0.2) is 5.11 Å². The fourth-order valence-corrected chi connectivity index (χ4v) is 2.21. The van der Waals surface area contributed by atoms with Crippen LogP contribution in [-0.4, -0.2) is 5.11 Å². The van der Waals surface area contributed by atoms with Crippen LogP contribution in [0.25, 0.3) is 0 Å². The van der Waals surface area contributed by atoms with Crippen LogP contribution in [0.4, 0.5) is 5.69 Å². The van der Waals surface area contributed by atoms with E-state index in [1.807, 2.05) is 30.3 Å². The molecule has 4 heteroatoms. The van der Waals surface area contributed by atoms with Crippen LogP contribution < -0.4 is 10.6 Å². The van der Waals surface area contributed by atoms with Gasteiger partial charge < -0.3 is 10.6 Å². The minimum Gasteiger partial charge on any atom is -0.358 e. The second kappa shape index (κ2) is 6.73. The van der Waals surface area contributed by atoms with Crippen LogP contribution in [-0.2, 0) is 6.54 Å². The van der Waals surface area contributed by atoms with Crippen LogP contribution in [0, 0.1) is 13.8 Å². The lowest BCUT2D eigenvalue weighted by Gasteiger charge is -2.13. The van der Waals surface area contributed by atoms with Crippen molar-refractivity contribution in [1.29, 1.82) is 0 Å². The monoisotopic (exact) mass is 304 g/mol. The van der Waals surface area contributed by atoms with Crippen molar-refractivity contribution in [2.45, 2.75) is 20.4 Å². The fraction of sp³-hybridized carbons (Fsp3) is 0.188. The highest BCUT2D eigenvalue weighted by Crippen LogP contribution is 2.16. The Morgan fingerprint density at radius 2 is 1.80 bits per heavy atom. The van der Waals surface area contributed by atoms with Gasteiger partial charge in [-0.1, -0.05) is 41.4 Å². The maximum absolute atomic E-state index is 5.85. The van der Waals surface area contributed by atoms with E-state index in [0.29, 0.717) is 11.7 Å². The molecular weight excluding hydrogens is 288 g/mol. The van der Waals surface area contributed by atoms with Crippen molar-refractivity contribution in [2.24, 2.45) is 0 Å². The van der Waals surface area contributed by atoms with Gasteiger partial charge in [0.2, 0.25) is 0 Å². The molecule has 0 aromatic heterocycles. The first-order valence-corrected chi connectivity index (χ1v) is 7.20. The highest BCUT2D eigenvalue weighted by atomic mass is 35.5. The second-order valence-corrected chi connectivity index (χ2v) is 5.60. The molecule has 2 aromatic carbocycles. The molecule has 0 atom stereocenters. The number of anilines is 1. The van der Waals surface area contributed by atoms with E-state index in [4.69, 9.17) is 23.8 Å². The maximum atomic E-state index is 5.85. The normalized spacial score (nSPS) is 10.2. The van der Waals surface area contributed by atoms with E-state index in [-0.39, 0.29) is 0 Å². The molecule has 0 aliphatic heterocycles. The van der Waals surface area contributed by atoms with Gasteiger partial charge in [0.25, 0.3) is 0 Å². The van der Waals surface area contributed by atoms with Crippen molar-refractivity contribution in [3.05, 3.63) is 64.2 Å². The van der Waals surface area contributed by atoms with E-state index >= 15 is 0 Å². The summed E-state index contributed by atoms with van der Waals surface area (Å²) in [6, 6.07) is 13.9. The molecule has 0 aliphatic carbocycles. The zero-order chi connectivity index (χ0) is 14.5. The Kier molecular flexibility index (Phi) is 4.99. The predicted molar refractivity (Wildman–Crippen MR) is 90.4 cm³/mol. The molecule has 0 spiro atoms. The Bertz CT molecular complexity index is 608. The van der Waals surface area contributed by atoms with E-state index in [1.165, 1.54) is 11.1 Å². The second-order valence-electron chi connectivity index (χ2n) is 4.75. The SMILES string of the molecule is Cc1ccc(NC(=S)NCc2ccc(Cl)cc2)c(C)c1. The molecule has 0 heterocycles. The Morgan fingerprint density at radius 1 is 1.10 bits per heavy atom. The number of halogens is 1. The fourth-order valence-electron chi connectivity index (χ4n) is 1.90. The van der Waals surface area contributed by atoms with Crippen molar-refractivity contribution in [3.8, 4) is 0 Å². The van der Waals surface area contributed by atoms with E-state index in [0.717, 1.165) is 16.3 Å². The molecule has 2 nitrogen and oxygen atoms in total. The Morgan fingerprint density at radius 3 is 2.45 bits per heavy atom. The van der Waals surface area contributed by atoms with Crippen molar-refractivity contribution in [2.75, 3.05) is 5.32 Å². The number of thiocarbonyl (C=S) groups is 1. The van der Waals surface area contributed by atoms with Crippen LogP contribution in [0.3, 0.4) is 0 Å². The molecule has 104 valence electrons. The van der Waals surface area contributed by atoms with Crippen LogP contribution >= 0.6 is 23.8 Å². The Labute approximate surface area is 130 Å². The minimum absolute atomic E-state index is 0.618. The smallest absolute Gasteiger partial charge is 0.171 e. The molecule has 20 heavy (non-hydrogen) atoms. The molecule has 2 N–H and O–H groups in total. The molecule has 2 rings (SSSR count). The number of benzene rings is 2. The van der Waals surface area contributed by atoms with Crippen LogP contribution in [0.15, 0.2) is 42.5 Å². The van der Waals surface area contributed by atoms with E-state index in [9.17, 15) is 0 Å². The molecule has 0 saturated carbocycles. The van der Waals surface area contributed by atoms with Crippen molar-refractivity contribution < 1.29 is 0 Å². The average molecular weight is 305 g/mol. The van der Waals surface area contributed by atoms with Crippen LogP contribution in [0.2, 0.25) is 5.02 Å². The van der Waals surface area contributed by atoms with Crippen molar-refractivity contribution >= 4 is 34.6 Å². The Balaban J connectivity index is 1.90. The Hall–Kier alpha value is -1.58. The van der Waals surface area contributed by atoms with Crippen LogP contribution in [0.1, 0.15) is 16.7 Å². The zero-order valence-electron chi connectivity index (χ0n) is 11.5. The van der Waals surface area contributed by atoms with Gasteiger partial charge >= 0.3 is 0 Å². The summed E-state index contributed by atoms with van der Waals surface area (Å²) in [6.45, 7) is 4.82. The highest BCUT2D eigenvalue weighted by molar-refractivity contribution is 7.80. The lowest BCUT2D eigenvalue weighted by molar-refractivity contribution is 0.926. The van der Waals surface area contributed by atoms with E-state index in [1.54, 1.807) is 0 Å². The lowest BCUT2D eigenvalue weighted by Crippen LogP contribution is -2.28. The topological polar surface area (TPSA) is 24.1 Å². The first-order chi connectivity index (χ1) is 9.54. The molecule has 0 saturated heterocycles. The van der Waals surface area contributed by atoms with Gasteiger partial charge in [-0.15, -0.1) is 0 Å². The molecule has 2 aromatic rings. The van der Waals surface area contributed by atoms with Gasteiger partial charge in [0.05, 0.1) is 0 Å². The summed E-state index contributed by atoms with van der Waals surface area (Å²) in [7, 11) is 0. The molecule has 0 unspecified atom stereocenters. The quantitative estimate of drug-likeness (QED) is 0.820. The van der Waals surface area contributed by atoms with E-state index < -0.39 is 0 Å². The molecule has 0 amide bonds. The molecule has 0 bridgehead atoms. The van der Waals surface area contributed by atoms with Gasteiger partial charge in [-0.25, -0.2) is 0 Å². The highest BCUT2D eigenvalue weighted by Gasteiger charge is 2.01. The van der Waals surface area contributed by atoms with Gasteiger partial charge in [-0.05, 0) is 55.4 Å². The molecule has 0 radical (unpaired) electrons. The zero-order valence-corrected chi connectivity index (χ0v) is 13.1. The van der Waals surface area contributed by atoms with Gasteiger partial charge in [-0.3, -0.25) is 0 Å².